The minimum absolute atomic E-state index is 0.00425. The van der Waals surface area contributed by atoms with Gasteiger partial charge in [0.25, 0.3) is 5.69 Å². The Morgan fingerprint density at radius 1 is 1.53 bits per heavy atom. The topological polar surface area (TPSA) is 72.4 Å². The fourth-order valence-corrected chi connectivity index (χ4v) is 3.46. The Morgan fingerprint density at radius 3 is 2.95 bits per heavy atom. The van der Waals surface area contributed by atoms with Crippen LogP contribution >= 0.6 is 11.8 Å². The molecule has 0 bridgehead atoms. The van der Waals surface area contributed by atoms with Gasteiger partial charge in [-0.25, -0.2) is 0 Å². The van der Waals surface area contributed by atoms with Crippen LogP contribution in [0.2, 0.25) is 0 Å². The van der Waals surface area contributed by atoms with Gasteiger partial charge in [-0.15, -0.1) is 0 Å². The minimum Gasteiger partial charge on any atom is -0.393 e. The van der Waals surface area contributed by atoms with Crippen LogP contribution in [0.3, 0.4) is 0 Å². The van der Waals surface area contributed by atoms with Gasteiger partial charge in [0.05, 0.1) is 4.92 Å². The van der Waals surface area contributed by atoms with Gasteiger partial charge in [0, 0.05) is 36.2 Å². The Bertz CT molecular complexity index is 481. The van der Waals surface area contributed by atoms with E-state index in [1.807, 2.05) is 17.8 Å². The number of nitrogens with two attached hydrogens (primary N) is 1. The van der Waals surface area contributed by atoms with Crippen molar-refractivity contribution in [1.82, 2.24) is 4.90 Å². The Labute approximate surface area is 117 Å². The van der Waals surface area contributed by atoms with Crippen molar-refractivity contribution in [1.29, 1.82) is 0 Å². The second-order valence-corrected chi connectivity index (χ2v) is 6.42. The second kappa shape index (κ2) is 5.79. The molecule has 5 nitrogen and oxygen atoms in total. The van der Waals surface area contributed by atoms with Crippen molar-refractivity contribution in [2.75, 3.05) is 18.0 Å². The number of nitro benzene ring substituents is 1. The monoisotopic (exact) mass is 281 g/mol. The normalized spacial score (nSPS) is 24.3. The van der Waals surface area contributed by atoms with Gasteiger partial charge in [-0.05, 0) is 18.6 Å². The fourth-order valence-electron chi connectivity index (χ4n) is 2.30. The van der Waals surface area contributed by atoms with E-state index in [4.69, 9.17) is 5.73 Å². The maximum absolute atomic E-state index is 10.9. The second-order valence-electron chi connectivity index (χ2n) is 4.94. The van der Waals surface area contributed by atoms with Crippen LogP contribution in [0.15, 0.2) is 18.2 Å². The molecular formula is C13H19N3O2S. The van der Waals surface area contributed by atoms with Crippen molar-refractivity contribution in [2.24, 2.45) is 0 Å². The van der Waals surface area contributed by atoms with E-state index < -0.39 is 4.92 Å². The van der Waals surface area contributed by atoms with Crippen molar-refractivity contribution in [2.45, 2.75) is 31.7 Å². The quantitative estimate of drug-likeness (QED) is 0.523. The summed E-state index contributed by atoms with van der Waals surface area (Å²) < 4.78 is 0. The molecule has 2 N–H and O–H groups in total. The average Bonchev–Trinajstić information content (AvgIpc) is 2.37. The highest BCUT2D eigenvalue weighted by molar-refractivity contribution is 8.00. The molecule has 0 radical (unpaired) electrons. The van der Waals surface area contributed by atoms with E-state index in [0.29, 0.717) is 11.3 Å². The van der Waals surface area contributed by atoms with Crippen LogP contribution in [0, 0.1) is 10.1 Å². The SMILES string of the molecule is CC1SCCN(Cc2ccc(N)c([N+](=O)[O-])c2)C1C. The van der Waals surface area contributed by atoms with E-state index in [1.54, 1.807) is 12.1 Å². The lowest BCUT2D eigenvalue weighted by molar-refractivity contribution is -0.384. The van der Waals surface area contributed by atoms with Gasteiger partial charge in [-0.1, -0.05) is 13.0 Å². The summed E-state index contributed by atoms with van der Waals surface area (Å²) in [5, 5.41) is 11.5. The van der Waals surface area contributed by atoms with Gasteiger partial charge in [0.15, 0.2) is 0 Å². The summed E-state index contributed by atoms with van der Waals surface area (Å²) in [5.74, 6) is 1.11. The number of nitro groups is 1. The number of thioether (sulfide) groups is 1. The Balaban J connectivity index is 2.15. The van der Waals surface area contributed by atoms with E-state index >= 15 is 0 Å². The molecule has 0 aromatic heterocycles. The third-order valence-electron chi connectivity index (χ3n) is 3.69. The zero-order valence-electron chi connectivity index (χ0n) is 11.2. The van der Waals surface area contributed by atoms with E-state index in [2.05, 4.69) is 18.7 Å². The molecule has 0 amide bonds. The molecule has 2 rings (SSSR count). The third kappa shape index (κ3) is 3.19. The molecule has 2 atom stereocenters. The van der Waals surface area contributed by atoms with Gasteiger partial charge in [0.2, 0.25) is 0 Å². The highest BCUT2D eigenvalue weighted by Gasteiger charge is 2.25. The number of anilines is 1. The maximum Gasteiger partial charge on any atom is 0.292 e. The number of nitrogens with zero attached hydrogens (tertiary/aromatic N) is 2. The van der Waals surface area contributed by atoms with Crippen molar-refractivity contribution in [3.05, 3.63) is 33.9 Å². The summed E-state index contributed by atoms with van der Waals surface area (Å²) in [6.45, 7) is 6.21. The molecule has 0 spiro atoms. The molecule has 1 aliphatic rings. The fraction of sp³-hybridized carbons (Fsp3) is 0.538. The molecule has 1 aromatic carbocycles. The van der Waals surface area contributed by atoms with E-state index in [0.717, 1.165) is 24.4 Å². The zero-order chi connectivity index (χ0) is 14.0. The Kier molecular flexibility index (Phi) is 4.31. The Hall–Kier alpha value is -1.27. The van der Waals surface area contributed by atoms with E-state index in [9.17, 15) is 10.1 Å². The average molecular weight is 281 g/mol. The van der Waals surface area contributed by atoms with Crippen LogP contribution in [-0.2, 0) is 6.54 Å². The molecule has 104 valence electrons. The molecule has 1 fully saturated rings. The smallest absolute Gasteiger partial charge is 0.292 e. The highest BCUT2D eigenvalue weighted by atomic mass is 32.2. The van der Waals surface area contributed by atoms with Gasteiger partial charge in [-0.3, -0.25) is 15.0 Å². The van der Waals surface area contributed by atoms with Crippen LogP contribution in [0.25, 0.3) is 0 Å². The first-order chi connectivity index (χ1) is 8.99. The summed E-state index contributed by atoms with van der Waals surface area (Å²) >= 11 is 1.98. The van der Waals surface area contributed by atoms with Gasteiger partial charge < -0.3 is 5.73 Å². The minimum atomic E-state index is -0.420. The van der Waals surface area contributed by atoms with Crippen molar-refractivity contribution < 1.29 is 4.92 Å². The van der Waals surface area contributed by atoms with Crippen LogP contribution in [0.4, 0.5) is 11.4 Å². The predicted molar refractivity (Wildman–Crippen MR) is 79.3 cm³/mol. The molecule has 1 aromatic rings. The lowest BCUT2D eigenvalue weighted by atomic mass is 10.1. The molecule has 1 heterocycles. The molecule has 1 aliphatic heterocycles. The van der Waals surface area contributed by atoms with Gasteiger partial charge >= 0.3 is 0 Å². The molecule has 6 heteroatoms. The summed E-state index contributed by atoms with van der Waals surface area (Å²) in [6, 6.07) is 5.58. The first kappa shape index (κ1) is 14.1. The first-order valence-corrected chi connectivity index (χ1v) is 7.42. The number of benzene rings is 1. The summed E-state index contributed by atoms with van der Waals surface area (Å²) in [6.07, 6.45) is 0. The number of rotatable bonds is 3. The summed E-state index contributed by atoms with van der Waals surface area (Å²) in [4.78, 5) is 12.8. The van der Waals surface area contributed by atoms with E-state index in [1.165, 1.54) is 0 Å². The molecule has 0 aliphatic carbocycles. The molecule has 19 heavy (non-hydrogen) atoms. The van der Waals surface area contributed by atoms with Crippen LogP contribution in [0.5, 0.6) is 0 Å². The predicted octanol–water partition coefficient (Wildman–Crippen LogP) is 2.50. The molecule has 0 saturated carbocycles. The number of hydrogen-bond donors (Lipinski definition) is 1. The Morgan fingerprint density at radius 2 is 2.26 bits per heavy atom. The molecule has 1 saturated heterocycles. The van der Waals surface area contributed by atoms with Crippen molar-refractivity contribution in [3.8, 4) is 0 Å². The maximum atomic E-state index is 10.9. The molecular weight excluding hydrogens is 262 g/mol. The van der Waals surface area contributed by atoms with E-state index in [-0.39, 0.29) is 11.4 Å². The summed E-state index contributed by atoms with van der Waals surface area (Å²) in [5.41, 5.74) is 6.80. The lowest BCUT2D eigenvalue weighted by Crippen LogP contribution is -2.43. The number of nitrogen functional groups attached to an aromatic ring is 1. The summed E-state index contributed by atoms with van der Waals surface area (Å²) in [7, 11) is 0. The third-order valence-corrected chi connectivity index (χ3v) is 5.03. The van der Waals surface area contributed by atoms with Crippen LogP contribution in [-0.4, -0.2) is 33.4 Å². The van der Waals surface area contributed by atoms with Gasteiger partial charge in [-0.2, -0.15) is 11.8 Å². The number of hydrogen-bond acceptors (Lipinski definition) is 5. The van der Waals surface area contributed by atoms with Crippen molar-refractivity contribution in [3.63, 3.8) is 0 Å². The lowest BCUT2D eigenvalue weighted by Gasteiger charge is -2.37. The molecule has 2 unspecified atom stereocenters. The highest BCUT2D eigenvalue weighted by Crippen LogP contribution is 2.27. The zero-order valence-corrected chi connectivity index (χ0v) is 12.0. The van der Waals surface area contributed by atoms with Crippen LogP contribution < -0.4 is 5.73 Å². The van der Waals surface area contributed by atoms with Crippen LogP contribution in [0.1, 0.15) is 19.4 Å². The first-order valence-electron chi connectivity index (χ1n) is 6.37. The largest absolute Gasteiger partial charge is 0.393 e. The van der Waals surface area contributed by atoms with Gasteiger partial charge in [0.1, 0.15) is 5.69 Å². The van der Waals surface area contributed by atoms with Crippen molar-refractivity contribution >= 4 is 23.1 Å². The standard InChI is InChI=1S/C13H19N3O2S/c1-9-10(2)19-6-5-15(9)8-11-3-4-12(14)13(7-11)16(17)18/h3-4,7,9-10H,5-6,8,14H2,1-2H3.